The number of rotatable bonds is 5. The summed E-state index contributed by atoms with van der Waals surface area (Å²) in [6.07, 6.45) is -4.85. The van der Waals surface area contributed by atoms with Crippen molar-refractivity contribution in [3.63, 3.8) is 0 Å². The van der Waals surface area contributed by atoms with Crippen molar-refractivity contribution < 1.29 is 31.1 Å². The predicted octanol–water partition coefficient (Wildman–Crippen LogP) is 0.952. The van der Waals surface area contributed by atoms with E-state index in [-0.39, 0.29) is 4.90 Å². The Morgan fingerprint density at radius 1 is 1.24 bits per heavy atom. The third-order valence-electron chi connectivity index (χ3n) is 2.28. The van der Waals surface area contributed by atoms with Crippen LogP contribution in [0.4, 0.5) is 13.2 Å². The number of benzene rings is 1. The summed E-state index contributed by atoms with van der Waals surface area (Å²) in [6.45, 7) is -0.448. The quantitative estimate of drug-likeness (QED) is 0.874. The molecule has 1 amide bonds. The molecule has 1 aromatic rings. The summed E-state index contributed by atoms with van der Waals surface area (Å²) < 4.78 is 65.2. The molecule has 1 rings (SSSR count). The van der Waals surface area contributed by atoms with Gasteiger partial charge >= 0.3 is 6.36 Å². The molecule has 0 aromatic heterocycles. The zero-order valence-electron chi connectivity index (χ0n) is 11.1. The van der Waals surface area contributed by atoms with Gasteiger partial charge < -0.3 is 9.64 Å². The van der Waals surface area contributed by atoms with E-state index in [0.717, 1.165) is 24.3 Å². The maximum absolute atomic E-state index is 12.0. The number of sulfonamides is 1. The number of ether oxygens (including phenoxy) is 1. The molecule has 0 atom stereocenters. The number of halogens is 3. The van der Waals surface area contributed by atoms with E-state index >= 15 is 0 Å². The third-order valence-corrected chi connectivity index (χ3v) is 3.70. The Bertz CT molecular complexity index is 597. The van der Waals surface area contributed by atoms with Gasteiger partial charge in [0.2, 0.25) is 15.9 Å². The number of alkyl halides is 3. The van der Waals surface area contributed by atoms with Gasteiger partial charge in [-0.25, -0.2) is 13.1 Å². The number of hydrogen-bond acceptors (Lipinski definition) is 4. The molecule has 0 heterocycles. The third kappa shape index (κ3) is 5.60. The fourth-order valence-electron chi connectivity index (χ4n) is 1.22. The molecule has 0 fully saturated rings. The van der Waals surface area contributed by atoms with E-state index in [0.29, 0.717) is 0 Å². The Hall–Kier alpha value is -1.81. The molecule has 0 radical (unpaired) electrons. The minimum absolute atomic E-state index is 0.274. The van der Waals surface area contributed by atoms with E-state index in [1.54, 1.807) is 0 Å². The molecule has 6 nitrogen and oxygen atoms in total. The van der Waals surface area contributed by atoms with E-state index in [2.05, 4.69) is 4.74 Å². The van der Waals surface area contributed by atoms with Gasteiger partial charge in [-0.1, -0.05) is 0 Å². The summed E-state index contributed by atoms with van der Waals surface area (Å²) in [5, 5.41) is 0. The van der Waals surface area contributed by atoms with Crippen molar-refractivity contribution in [1.82, 2.24) is 9.62 Å². The molecule has 10 heteroatoms. The molecule has 21 heavy (non-hydrogen) atoms. The second-order valence-electron chi connectivity index (χ2n) is 4.13. The first-order chi connectivity index (χ1) is 9.51. The van der Waals surface area contributed by atoms with Crippen LogP contribution < -0.4 is 9.46 Å². The fraction of sp³-hybridized carbons (Fsp3) is 0.364. The molecule has 0 aliphatic rings. The second-order valence-corrected chi connectivity index (χ2v) is 5.90. The molecule has 0 saturated carbocycles. The number of amides is 1. The van der Waals surface area contributed by atoms with E-state index in [1.807, 2.05) is 4.72 Å². The van der Waals surface area contributed by atoms with Crippen molar-refractivity contribution in [3.8, 4) is 5.75 Å². The highest BCUT2D eigenvalue weighted by Crippen LogP contribution is 2.23. The van der Waals surface area contributed by atoms with E-state index in [1.165, 1.54) is 19.0 Å². The van der Waals surface area contributed by atoms with Crippen LogP contribution in [-0.4, -0.2) is 46.2 Å². The van der Waals surface area contributed by atoms with E-state index < -0.39 is 34.6 Å². The number of carbonyl (C=O) groups excluding carboxylic acids is 1. The van der Waals surface area contributed by atoms with Gasteiger partial charge in [-0.2, -0.15) is 0 Å². The molecule has 118 valence electrons. The number of likely N-dealkylation sites (N-methyl/N-ethyl adjacent to an activating group) is 1. The first kappa shape index (κ1) is 17.2. The van der Waals surface area contributed by atoms with Gasteiger partial charge in [0.1, 0.15) is 5.75 Å². The summed E-state index contributed by atoms with van der Waals surface area (Å²) in [4.78, 5) is 12.2. The Morgan fingerprint density at radius 3 is 2.19 bits per heavy atom. The smallest absolute Gasteiger partial charge is 0.406 e. The van der Waals surface area contributed by atoms with Gasteiger partial charge in [0, 0.05) is 14.1 Å². The lowest BCUT2D eigenvalue weighted by atomic mass is 10.3. The highest BCUT2D eigenvalue weighted by molar-refractivity contribution is 7.89. The van der Waals surface area contributed by atoms with Gasteiger partial charge in [0.15, 0.2) is 0 Å². The molecule has 0 aliphatic heterocycles. The molecule has 0 unspecified atom stereocenters. The average molecular weight is 326 g/mol. The molecule has 0 aliphatic carbocycles. The first-order valence-corrected chi connectivity index (χ1v) is 7.05. The Balaban J connectivity index is 2.78. The summed E-state index contributed by atoms with van der Waals surface area (Å²) in [7, 11) is -1.07. The van der Waals surface area contributed by atoms with Crippen molar-refractivity contribution in [3.05, 3.63) is 24.3 Å². The molecule has 0 spiro atoms. The number of carbonyl (C=O) groups is 1. The van der Waals surface area contributed by atoms with Crippen LogP contribution in [0.5, 0.6) is 5.75 Å². The molecular weight excluding hydrogens is 313 g/mol. The standard InChI is InChI=1S/C11H13F3N2O4S/c1-16(2)10(17)7-15-21(18,19)9-5-3-8(4-6-9)20-11(12,13)14/h3-6,15H,7H2,1-2H3. The Kier molecular flexibility index (Phi) is 5.18. The molecular formula is C11H13F3N2O4S. The topological polar surface area (TPSA) is 75.7 Å². The van der Waals surface area contributed by atoms with Gasteiger partial charge in [-0.15, -0.1) is 13.2 Å². The maximum Gasteiger partial charge on any atom is 0.573 e. The zero-order chi connectivity index (χ0) is 16.3. The van der Waals surface area contributed by atoms with Crippen LogP contribution in [0, 0.1) is 0 Å². The van der Waals surface area contributed by atoms with E-state index in [4.69, 9.17) is 0 Å². The van der Waals surface area contributed by atoms with Crippen molar-refractivity contribution in [1.29, 1.82) is 0 Å². The summed E-state index contributed by atoms with van der Waals surface area (Å²) in [6, 6.07) is 3.64. The molecule has 0 bridgehead atoms. The van der Waals surface area contributed by atoms with Gasteiger partial charge in [0.05, 0.1) is 11.4 Å². The summed E-state index contributed by atoms with van der Waals surface area (Å²) in [5.74, 6) is -0.999. The lowest BCUT2D eigenvalue weighted by Gasteiger charge is -2.12. The monoisotopic (exact) mass is 326 g/mol. The van der Waals surface area contributed by atoms with Crippen LogP contribution in [0.1, 0.15) is 0 Å². The summed E-state index contributed by atoms with van der Waals surface area (Å²) in [5.41, 5.74) is 0. The van der Waals surface area contributed by atoms with Crippen LogP contribution in [-0.2, 0) is 14.8 Å². The van der Waals surface area contributed by atoms with Crippen LogP contribution in [0.3, 0.4) is 0 Å². The Labute approximate surface area is 119 Å². The Morgan fingerprint density at radius 2 is 1.76 bits per heavy atom. The van der Waals surface area contributed by atoms with Gasteiger partial charge in [0.25, 0.3) is 0 Å². The lowest BCUT2D eigenvalue weighted by molar-refractivity contribution is -0.274. The second kappa shape index (κ2) is 6.31. The first-order valence-electron chi connectivity index (χ1n) is 5.57. The largest absolute Gasteiger partial charge is 0.573 e. The number of nitrogens with one attached hydrogen (secondary N) is 1. The van der Waals surface area contributed by atoms with Crippen LogP contribution in [0.25, 0.3) is 0 Å². The SMILES string of the molecule is CN(C)C(=O)CNS(=O)(=O)c1ccc(OC(F)(F)F)cc1. The lowest BCUT2D eigenvalue weighted by Crippen LogP contribution is -2.36. The fourth-order valence-corrected chi connectivity index (χ4v) is 2.19. The number of hydrogen-bond donors (Lipinski definition) is 1. The van der Waals surface area contributed by atoms with Gasteiger partial charge in [-0.3, -0.25) is 4.79 Å². The van der Waals surface area contributed by atoms with Crippen molar-refractivity contribution in [2.24, 2.45) is 0 Å². The predicted molar refractivity (Wildman–Crippen MR) is 67.0 cm³/mol. The summed E-state index contributed by atoms with van der Waals surface area (Å²) >= 11 is 0. The maximum atomic E-state index is 12.0. The van der Waals surface area contributed by atoms with Crippen molar-refractivity contribution in [2.75, 3.05) is 20.6 Å². The average Bonchev–Trinajstić information content (AvgIpc) is 2.34. The highest BCUT2D eigenvalue weighted by Gasteiger charge is 2.31. The van der Waals surface area contributed by atoms with E-state index in [9.17, 15) is 26.4 Å². The van der Waals surface area contributed by atoms with Crippen LogP contribution >= 0.6 is 0 Å². The van der Waals surface area contributed by atoms with Gasteiger partial charge in [-0.05, 0) is 24.3 Å². The van der Waals surface area contributed by atoms with Crippen LogP contribution in [0.15, 0.2) is 29.2 Å². The molecule has 1 N–H and O–H groups in total. The van der Waals surface area contributed by atoms with Crippen LogP contribution in [0.2, 0.25) is 0 Å². The number of nitrogens with zero attached hydrogens (tertiary/aromatic N) is 1. The zero-order valence-corrected chi connectivity index (χ0v) is 12.0. The minimum Gasteiger partial charge on any atom is -0.406 e. The minimum atomic E-state index is -4.85. The normalized spacial score (nSPS) is 12.0. The molecule has 1 aromatic carbocycles. The van der Waals surface area contributed by atoms with Crippen molar-refractivity contribution >= 4 is 15.9 Å². The highest BCUT2D eigenvalue weighted by atomic mass is 32.2. The molecule has 0 saturated heterocycles. The van der Waals surface area contributed by atoms with Crippen molar-refractivity contribution in [2.45, 2.75) is 11.3 Å².